The van der Waals surface area contributed by atoms with Gasteiger partial charge in [0, 0.05) is 0 Å². The van der Waals surface area contributed by atoms with Gasteiger partial charge in [-0.25, -0.2) is 13.6 Å². The number of carbonyl (C=O) groups is 2. The van der Waals surface area contributed by atoms with Crippen molar-refractivity contribution in [3.8, 4) is 5.75 Å². The molecule has 0 bridgehead atoms. The second kappa shape index (κ2) is 5.92. The van der Waals surface area contributed by atoms with Crippen LogP contribution in [0.3, 0.4) is 0 Å². The molecule has 3 amide bonds. The average molecular weight is 260 g/mol. The predicted molar refractivity (Wildman–Crippen MR) is 55.5 cm³/mol. The Hall–Kier alpha value is -2.22. The number of halogens is 2. The summed E-state index contributed by atoms with van der Waals surface area (Å²) in [5.41, 5.74) is 4.68. The average Bonchev–Trinajstić information content (AvgIpc) is 2.26. The van der Waals surface area contributed by atoms with Gasteiger partial charge >= 0.3 is 6.03 Å². The Morgan fingerprint density at radius 1 is 1.33 bits per heavy atom. The molecular formula is C10H10F2N2O4. The highest BCUT2D eigenvalue weighted by molar-refractivity contribution is 5.94. The number of benzene rings is 1. The Bertz CT molecular complexity index is 456. The molecule has 1 rings (SSSR count). The lowest BCUT2D eigenvalue weighted by Crippen LogP contribution is -2.38. The fourth-order valence-electron chi connectivity index (χ4n) is 1.15. The van der Waals surface area contributed by atoms with Crippen molar-refractivity contribution in [2.45, 2.75) is 6.61 Å². The van der Waals surface area contributed by atoms with Gasteiger partial charge in [-0.05, 0) is 17.7 Å². The first-order valence-corrected chi connectivity index (χ1v) is 4.75. The minimum absolute atomic E-state index is 0.0268. The summed E-state index contributed by atoms with van der Waals surface area (Å²) in [5, 5.41) is 10.4. The molecule has 4 N–H and O–H groups in total. The number of hydrogen-bond donors (Lipinski definition) is 3. The molecule has 0 radical (unpaired) electrons. The maximum atomic E-state index is 13.3. The van der Waals surface area contributed by atoms with E-state index in [2.05, 4.69) is 10.5 Å². The summed E-state index contributed by atoms with van der Waals surface area (Å²) < 4.78 is 31.2. The van der Waals surface area contributed by atoms with Gasteiger partial charge in [-0.15, -0.1) is 0 Å². The molecule has 0 spiro atoms. The van der Waals surface area contributed by atoms with Crippen LogP contribution in [0.2, 0.25) is 0 Å². The molecule has 0 fully saturated rings. The van der Waals surface area contributed by atoms with Crippen LogP contribution in [0.25, 0.3) is 0 Å². The lowest BCUT2D eigenvalue weighted by Gasteiger charge is -2.08. The molecule has 98 valence electrons. The zero-order valence-electron chi connectivity index (χ0n) is 9.07. The summed E-state index contributed by atoms with van der Waals surface area (Å²) in [6.45, 7) is -1.30. The van der Waals surface area contributed by atoms with Gasteiger partial charge in [0.25, 0.3) is 5.91 Å². The molecule has 6 nitrogen and oxygen atoms in total. The number of aliphatic hydroxyl groups is 1. The van der Waals surface area contributed by atoms with Crippen LogP contribution in [0.4, 0.5) is 13.6 Å². The summed E-state index contributed by atoms with van der Waals surface area (Å²) >= 11 is 0. The van der Waals surface area contributed by atoms with Gasteiger partial charge in [-0.3, -0.25) is 10.1 Å². The molecule has 0 atom stereocenters. The van der Waals surface area contributed by atoms with Crippen LogP contribution in [0.15, 0.2) is 12.1 Å². The largest absolute Gasteiger partial charge is 0.478 e. The molecule has 0 aliphatic carbocycles. The highest BCUT2D eigenvalue weighted by Crippen LogP contribution is 2.23. The van der Waals surface area contributed by atoms with Crippen molar-refractivity contribution in [2.24, 2.45) is 5.73 Å². The summed E-state index contributed by atoms with van der Waals surface area (Å²) in [6.07, 6.45) is 0. The monoisotopic (exact) mass is 260 g/mol. The molecule has 0 aliphatic heterocycles. The van der Waals surface area contributed by atoms with Crippen LogP contribution in [-0.2, 0) is 11.4 Å². The predicted octanol–water partition coefficient (Wildman–Crippen LogP) is 0.0308. The van der Waals surface area contributed by atoms with Crippen LogP contribution in [-0.4, -0.2) is 23.7 Å². The number of rotatable bonds is 4. The molecule has 1 aromatic carbocycles. The number of amides is 3. The number of nitrogens with one attached hydrogen (secondary N) is 1. The smallest absolute Gasteiger partial charge is 0.318 e. The standard InChI is InChI=1S/C10H10F2N2O4/c11-6-1-5(3-15)2-7(12)9(6)18-4-8(16)14-10(13)17/h1-2,15H,3-4H2,(H3,13,14,16,17). The molecule has 0 unspecified atom stereocenters. The first kappa shape index (κ1) is 13.8. The number of ether oxygens (including phenoxy) is 1. The van der Waals surface area contributed by atoms with Crippen molar-refractivity contribution < 1.29 is 28.2 Å². The Morgan fingerprint density at radius 3 is 2.33 bits per heavy atom. The molecule has 1 aromatic rings. The fraction of sp³-hybridized carbons (Fsp3) is 0.200. The zero-order chi connectivity index (χ0) is 13.7. The molecule has 0 heterocycles. The van der Waals surface area contributed by atoms with Crippen LogP contribution in [0.1, 0.15) is 5.56 Å². The van der Waals surface area contributed by atoms with Gasteiger partial charge in [-0.1, -0.05) is 0 Å². The van der Waals surface area contributed by atoms with Crippen LogP contribution in [0.5, 0.6) is 5.75 Å². The highest BCUT2D eigenvalue weighted by Gasteiger charge is 2.14. The number of aliphatic hydroxyl groups excluding tert-OH is 1. The van der Waals surface area contributed by atoms with Crippen molar-refractivity contribution in [2.75, 3.05) is 6.61 Å². The normalized spacial score (nSPS) is 9.94. The Kier molecular flexibility index (Phi) is 4.55. The third kappa shape index (κ3) is 3.67. The molecule has 0 saturated heterocycles. The van der Waals surface area contributed by atoms with Gasteiger partial charge < -0.3 is 15.6 Å². The molecule has 18 heavy (non-hydrogen) atoms. The summed E-state index contributed by atoms with van der Waals surface area (Å²) in [4.78, 5) is 21.2. The summed E-state index contributed by atoms with van der Waals surface area (Å²) in [7, 11) is 0. The van der Waals surface area contributed by atoms with Gasteiger partial charge in [-0.2, -0.15) is 0 Å². The van der Waals surface area contributed by atoms with Crippen molar-refractivity contribution in [3.05, 3.63) is 29.3 Å². The molecular weight excluding hydrogens is 250 g/mol. The molecule has 8 heteroatoms. The number of urea groups is 1. The number of hydrogen-bond acceptors (Lipinski definition) is 4. The highest BCUT2D eigenvalue weighted by atomic mass is 19.1. The Morgan fingerprint density at radius 2 is 1.89 bits per heavy atom. The lowest BCUT2D eigenvalue weighted by atomic mass is 10.2. The van der Waals surface area contributed by atoms with E-state index >= 15 is 0 Å². The van der Waals surface area contributed by atoms with E-state index in [1.54, 1.807) is 5.32 Å². The number of primary amides is 1. The van der Waals surface area contributed by atoms with E-state index in [4.69, 9.17) is 5.11 Å². The number of nitrogens with two attached hydrogens (primary N) is 1. The first-order valence-electron chi connectivity index (χ1n) is 4.75. The third-order valence-corrected chi connectivity index (χ3v) is 1.85. The molecule has 0 saturated carbocycles. The van der Waals surface area contributed by atoms with Crippen molar-refractivity contribution >= 4 is 11.9 Å². The zero-order valence-corrected chi connectivity index (χ0v) is 9.07. The second-order valence-electron chi connectivity index (χ2n) is 3.25. The van der Waals surface area contributed by atoms with Gasteiger partial charge in [0.1, 0.15) is 0 Å². The van der Waals surface area contributed by atoms with E-state index in [-0.39, 0.29) is 5.56 Å². The summed E-state index contributed by atoms with van der Waals surface area (Å²) in [6, 6.07) is 0.634. The number of imide groups is 1. The number of carbonyl (C=O) groups excluding carboxylic acids is 2. The summed E-state index contributed by atoms with van der Waals surface area (Å²) in [5.74, 6) is -3.84. The maximum Gasteiger partial charge on any atom is 0.318 e. The lowest BCUT2D eigenvalue weighted by molar-refractivity contribution is -0.122. The Labute approximate surface area is 100 Å². The molecule has 0 aromatic heterocycles. The van der Waals surface area contributed by atoms with Crippen LogP contribution in [0, 0.1) is 11.6 Å². The van der Waals surface area contributed by atoms with Crippen molar-refractivity contribution in [1.29, 1.82) is 0 Å². The van der Waals surface area contributed by atoms with Gasteiger partial charge in [0.2, 0.25) is 0 Å². The van der Waals surface area contributed by atoms with E-state index < -0.39 is 42.5 Å². The quantitative estimate of drug-likeness (QED) is 0.710. The van der Waals surface area contributed by atoms with Gasteiger partial charge in [0.05, 0.1) is 6.61 Å². The van der Waals surface area contributed by atoms with E-state index in [9.17, 15) is 18.4 Å². The molecule has 0 aliphatic rings. The van der Waals surface area contributed by atoms with E-state index in [0.29, 0.717) is 0 Å². The van der Waals surface area contributed by atoms with Crippen LogP contribution < -0.4 is 15.8 Å². The minimum Gasteiger partial charge on any atom is -0.478 e. The topological polar surface area (TPSA) is 102 Å². The maximum absolute atomic E-state index is 13.3. The first-order chi connectivity index (χ1) is 8.43. The Balaban J connectivity index is 2.73. The third-order valence-electron chi connectivity index (χ3n) is 1.85. The van der Waals surface area contributed by atoms with Crippen LogP contribution >= 0.6 is 0 Å². The van der Waals surface area contributed by atoms with E-state index in [0.717, 1.165) is 12.1 Å². The van der Waals surface area contributed by atoms with Crippen molar-refractivity contribution in [1.82, 2.24) is 5.32 Å². The second-order valence-corrected chi connectivity index (χ2v) is 3.25. The van der Waals surface area contributed by atoms with E-state index in [1.165, 1.54) is 0 Å². The van der Waals surface area contributed by atoms with Gasteiger partial charge in [0.15, 0.2) is 24.0 Å². The fourth-order valence-corrected chi connectivity index (χ4v) is 1.15. The SMILES string of the molecule is NC(=O)NC(=O)COc1c(F)cc(CO)cc1F. The van der Waals surface area contributed by atoms with Crippen molar-refractivity contribution in [3.63, 3.8) is 0 Å². The minimum atomic E-state index is -1.10. The van der Waals surface area contributed by atoms with E-state index in [1.807, 2.05) is 0 Å².